The van der Waals surface area contributed by atoms with Crippen molar-refractivity contribution >= 4 is 28.3 Å². The molecule has 6 heteroatoms. The number of fused-ring (bicyclic) bond motifs is 1. The molecule has 1 saturated heterocycles. The molecule has 3 nitrogen and oxygen atoms in total. The molecule has 0 radical (unpaired) electrons. The molecule has 1 atom stereocenters. The Labute approximate surface area is 205 Å². The van der Waals surface area contributed by atoms with Gasteiger partial charge in [0.05, 0.1) is 18.0 Å². The predicted octanol–water partition coefficient (Wildman–Crippen LogP) is 7.24. The minimum Gasteiger partial charge on any atom is -0.376 e. The number of anilines is 1. The largest absolute Gasteiger partial charge is 0.376 e. The van der Waals surface area contributed by atoms with E-state index in [1.54, 1.807) is 0 Å². The zero-order chi connectivity index (χ0) is 23.5. The average molecular weight is 485 g/mol. The number of hydrogen-bond donors (Lipinski definition) is 0. The summed E-state index contributed by atoms with van der Waals surface area (Å²) in [5.41, 5.74) is 2.58. The summed E-state index contributed by atoms with van der Waals surface area (Å²) in [5.74, 6) is 0.639. The molecule has 2 fully saturated rings. The Hall–Kier alpha value is -2.24. The SMILES string of the molecule is Fc1cc2cc(CCl)c(N3CCCC3C3CCC(COCc4ccccc4)CC3)nc2cc1F. The highest BCUT2D eigenvalue weighted by atomic mass is 35.5. The van der Waals surface area contributed by atoms with Gasteiger partial charge in [0.1, 0.15) is 5.82 Å². The second-order valence-electron chi connectivity index (χ2n) is 9.75. The van der Waals surface area contributed by atoms with Gasteiger partial charge in [-0.05, 0) is 68.1 Å². The van der Waals surface area contributed by atoms with Gasteiger partial charge in [0.2, 0.25) is 0 Å². The number of aromatic nitrogens is 1. The molecule has 2 aliphatic rings. The van der Waals surface area contributed by atoms with Crippen LogP contribution in [0.4, 0.5) is 14.6 Å². The Kier molecular flexibility index (Phi) is 7.31. The van der Waals surface area contributed by atoms with E-state index in [0.29, 0.717) is 41.3 Å². The number of nitrogens with zero attached hydrogens (tertiary/aromatic N) is 2. The van der Waals surface area contributed by atoms with Crippen molar-refractivity contribution in [2.24, 2.45) is 11.8 Å². The van der Waals surface area contributed by atoms with Crippen LogP contribution in [0.2, 0.25) is 0 Å². The van der Waals surface area contributed by atoms with E-state index in [0.717, 1.165) is 37.4 Å². The smallest absolute Gasteiger partial charge is 0.161 e. The van der Waals surface area contributed by atoms with Gasteiger partial charge in [-0.25, -0.2) is 13.8 Å². The van der Waals surface area contributed by atoms with Crippen LogP contribution in [-0.4, -0.2) is 24.2 Å². The highest BCUT2D eigenvalue weighted by Crippen LogP contribution is 2.40. The fraction of sp³-hybridized carbons (Fsp3) is 0.464. The third kappa shape index (κ3) is 5.06. The lowest BCUT2D eigenvalue weighted by Crippen LogP contribution is -2.38. The Morgan fingerprint density at radius 1 is 0.971 bits per heavy atom. The topological polar surface area (TPSA) is 25.4 Å². The maximum absolute atomic E-state index is 13.9. The summed E-state index contributed by atoms with van der Waals surface area (Å²) < 4.78 is 33.6. The lowest BCUT2D eigenvalue weighted by atomic mass is 9.78. The van der Waals surface area contributed by atoms with Crippen molar-refractivity contribution in [3.63, 3.8) is 0 Å². The summed E-state index contributed by atoms with van der Waals surface area (Å²) in [6.07, 6.45) is 6.99. The Balaban J connectivity index is 1.24. The van der Waals surface area contributed by atoms with Crippen molar-refractivity contribution < 1.29 is 13.5 Å². The second kappa shape index (κ2) is 10.6. The number of rotatable bonds is 7. The first kappa shape index (κ1) is 23.5. The fourth-order valence-electron chi connectivity index (χ4n) is 5.75. The van der Waals surface area contributed by atoms with Crippen LogP contribution in [0, 0.1) is 23.5 Å². The molecule has 180 valence electrons. The summed E-state index contributed by atoms with van der Waals surface area (Å²) in [4.78, 5) is 7.16. The summed E-state index contributed by atoms with van der Waals surface area (Å²) in [5, 5.41) is 0.588. The van der Waals surface area contributed by atoms with Crippen molar-refractivity contribution in [3.8, 4) is 0 Å². The summed E-state index contributed by atoms with van der Waals surface area (Å²) >= 11 is 6.28. The van der Waals surface area contributed by atoms with E-state index in [4.69, 9.17) is 21.3 Å². The van der Waals surface area contributed by atoms with E-state index in [9.17, 15) is 8.78 Å². The lowest BCUT2D eigenvalue weighted by Gasteiger charge is -2.37. The monoisotopic (exact) mass is 484 g/mol. The number of benzene rings is 2. The zero-order valence-corrected chi connectivity index (χ0v) is 20.1. The van der Waals surface area contributed by atoms with Crippen LogP contribution in [-0.2, 0) is 17.2 Å². The Morgan fingerprint density at radius 2 is 1.74 bits per heavy atom. The van der Waals surface area contributed by atoms with Gasteiger partial charge in [0.25, 0.3) is 0 Å². The normalized spacial score (nSPS) is 23.0. The lowest BCUT2D eigenvalue weighted by molar-refractivity contribution is 0.0649. The van der Waals surface area contributed by atoms with Crippen molar-refractivity contribution in [1.82, 2.24) is 4.98 Å². The van der Waals surface area contributed by atoms with Gasteiger partial charge >= 0.3 is 0 Å². The summed E-state index contributed by atoms with van der Waals surface area (Å²) in [7, 11) is 0. The van der Waals surface area contributed by atoms with Crippen LogP contribution in [0.3, 0.4) is 0 Å². The Bertz CT molecular complexity index is 1120. The third-order valence-electron chi connectivity index (χ3n) is 7.53. The third-order valence-corrected chi connectivity index (χ3v) is 7.82. The van der Waals surface area contributed by atoms with E-state index in [1.165, 1.54) is 43.4 Å². The van der Waals surface area contributed by atoms with Crippen LogP contribution in [0.5, 0.6) is 0 Å². The van der Waals surface area contributed by atoms with Gasteiger partial charge in [-0.2, -0.15) is 0 Å². The molecule has 1 unspecified atom stereocenters. The minimum absolute atomic E-state index is 0.298. The first-order valence-electron chi connectivity index (χ1n) is 12.4. The first-order chi connectivity index (χ1) is 16.6. The van der Waals surface area contributed by atoms with E-state index in [1.807, 2.05) is 24.3 Å². The summed E-state index contributed by atoms with van der Waals surface area (Å²) in [6.45, 7) is 2.42. The number of halogens is 3. The van der Waals surface area contributed by atoms with Gasteiger partial charge in [0, 0.05) is 36.2 Å². The quantitative estimate of drug-likeness (QED) is 0.330. The number of ether oxygens (including phenoxy) is 1. The molecule has 34 heavy (non-hydrogen) atoms. The standard InChI is InChI=1S/C28H31ClF2N2O/c29-16-23-13-22-14-24(30)25(31)15-26(22)32-28(23)33-12-4-7-27(33)21-10-8-20(9-11-21)18-34-17-19-5-2-1-3-6-19/h1-3,5-6,13-15,20-21,27H,4,7-12,16-18H2. The molecule has 0 bridgehead atoms. The van der Waals surface area contributed by atoms with E-state index >= 15 is 0 Å². The van der Waals surface area contributed by atoms with Crippen LogP contribution in [0.25, 0.3) is 10.9 Å². The Morgan fingerprint density at radius 3 is 2.50 bits per heavy atom. The van der Waals surface area contributed by atoms with Gasteiger partial charge in [0.15, 0.2) is 11.6 Å². The van der Waals surface area contributed by atoms with Crippen molar-refractivity contribution in [3.05, 3.63) is 71.3 Å². The maximum atomic E-state index is 13.9. The van der Waals surface area contributed by atoms with Gasteiger partial charge < -0.3 is 9.64 Å². The van der Waals surface area contributed by atoms with E-state index < -0.39 is 11.6 Å². The van der Waals surface area contributed by atoms with Crippen LogP contribution >= 0.6 is 11.6 Å². The predicted molar refractivity (Wildman–Crippen MR) is 133 cm³/mol. The van der Waals surface area contributed by atoms with Crippen molar-refractivity contribution in [2.75, 3.05) is 18.1 Å². The highest BCUT2D eigenvalue weighted by Gasteiger charge is 2.36. The van der Waals surface area contributed by atoms with Crippen LogP contribution < -0.4 is 4.90 Å². The molecule has 2 aromatic carbocycles. The van der Waals surface area contributed by atoms with Gasteiger partial charge in [-0.15, -0.1) is 11.6 Å². The molecule has 3 aromatic rings. The van der Waals surface area contributed by atoms with Gasteiger partial charge in [-0.1, -0.05) is 30.3 Å². The molecule has 1 aliphatic carbocycles. The minimum atomic E-state index is -0.865. The van der Waals surface area contributed by atoms with Crippen molar-refractivity contribution in [1.29, 1.82) is 0 Å². The fourth-order valence-corrected chi connectivity index (χ4v) is 5.95. The molecule has 2 heterocycles. The molecule has 5 rings (SSSR count). The van der Waals surface area contributed by atoms with Crippen molar-refractivity contribution in [2.45, 2.75) is 57.1 Å². The summed E-state index contributed by atoms with van der Waals surface area (Å²) in [6, 6.07) is 15.0. The first-order valence-corrected chi connectivity index (χ1v) is 12.9. The molecular formula is C28H31ClF2N2O. The molecule has 1 saturated carbocycles. The maximum Gasteiger partial charge on any atom is 0.161 e. The molecule has 0 N–H and O–H groups in total. The molecule has 1 aliphatic heterocycles. The van der Waals surface area contributed by atoms with E-state index in [2.05, 4.69) is 17.0 Å². The molecule has 0 spiro atoms. The van der Waals surface area contributed by atoms with Crippen LogP contribution in [0.15, 0.2) is 48.5 Å². The number of pyridine rings is 1. The molecule has 0 amide bonds. The highest BCUT2D eigenvalue weighted by molar-refractivity contribution is 6.17. The van der Waals surface area contributed by atoms with E-state index in [-0.39, 0.29) is 0 Å². The van der Waals surface area contributed by atoms with Gasteiger partial charge in [-0.3, -0.25) is 0 Å². The zero-order valence-electron chi connectivity index (χ0n) is 19.4. The number of hydrogen-bond acceptors (Lipinski definition) is 3. The number of alkyl halides is 1. The average Bonchev–Trinajstić information content (AvgIpc) is 3.35. The molecular weight excluding hydrogens is 454 g/mol. The van der Waals surface area contributed by atoms with Crippen LogP contribution in [0.1, 0.15) is 49.7 Å². The second-order valence-corrected chi connectivity index (χ2v) is 10.0. The molecule has 1 aromatic heterocycles.